The lowest BCUT2D eigenvalue weighted by Gasteiger charge is -2.08. The predicted octanol–water partition coefficient (Wildman–Crippen LogP) is 3.72. The smallest absolute Gasteiger partial charge is 0.263 e. The number of hydrogen-bond acceptors (Lipinski definition) is 3. The maximum Gasteiger partial charge on any atom is 0.263 e. The lowest BCUT2D eigenvalue weighted by atomic mass is 10.3. The zero-order valence-electron chi connectivity index (χ0n) is 9.89. The van der Waals surface area contributed by atoms with Gasteiger partial charge >= 0.3 is 0 Å². The molecule has 0 aliphatic heterocycles. The first-order valence-corrected chi connectivity index (χ1v) is 8.36. The molecule has 0 aliphatic carbocycles. The maximum atomic E-state index is 12.1. The number of nitrogens with one attached hydrogen (secondary N) is 1. The van der Waals surface area contributed by atoms with Crippen LogP contribution in [0, 0.1) is 6.92 Å². The molecule has 2 aromatic rings. The van der Waals surface area contributed by atoms with E-state index >= 15 is 0 Å². The second-order valence-electron chi connectivity index (χ2n) is 3.88. The number of rotatable bonds is 3. The van der Waals surface area contributed by atoms with Crippen LogP contribution in [0.1, 0.15) is 5.56 Å². The highest BCUT2D eigenvalue weighted by molar-refractivity contribution is 9.10. The quantitative estimate of drug-likeness (QED) is 0.846. The molecule has 2 rings (SSSR count). The van der Waals surface area contributed by atoms with Crippen molar-refractivity contribution >= 4 is 47.7 Å². The van der Waals surface area contributed by atoms with E-state index < -0.39 is 10.0 Å². The van der Waals surface area contributed by atoms with E-state index in [0.29, 0.717) is 5.82 Å². The van der Waals surface area contributed by atoms with Crippen molar-refractivity contribution < 1.29 is 8.42 Å². The van der Waals surface area contributed by atoms with Crippen molar-refractivity contribution in [1.29, 1.82) is 0 Å². The Bertz CT molecular complexity index is 700. The van der Waals surface area contributed by atoms with Gasteiger partial charge in [-0.25, -0.2) is 13.4 Å². The van der Waals surface area contributed by atoms with Crippen LogP contribution in [0.5, 0.6) is 0 Å². The number of pyridine rings is 1. The van der Waals surface area contributed by atoms with Crippen LogP contribution in [-0.2, 0) is 10.0 Å². The Morgan fingerprint density at radius 2 is 1.79 bits per heavy atom. The third-order valence-corrected chi connectivity index (χ3v) is 5.14. The molecule has 1 heterocycles. The molecular weight excluding hydrogens is 396 g/mol. The van der Waals surface area contributed by atoms with Crippen LogP contribution in [0.3, 0.4) is 0 Å². The van der Waals surface area contributed by atoms with E-state index in [-0.39, 0.29) is 4.90 Å². The van der Waals surface area contributed by atoms with Crippen molar-refractivity contribution in [2.75, 3.05) is 4.72 Å². The molecule has 1 aromatic carbocycles. The molecular formula is C12H10Br2N2O2S. The fourth-order valence-corrected chi connectivity index (χ4v) is 2.89. The molecule has 7 heteroatoms. The minimum Gasteiger partial charge on any atom is -0.263 e. The molecule has 4 nitrogen and oxygen atoms in total. The summed E-state index contributed by atoms with van der Waals surface area (Å²) in [6.45, 7) is 1.86. The highest BCUT2D eigenvalue weighted by Crippen LogP contribution is 2.20. The number of aryl methyl sites for hydroxylation is 1. The van der Waals surface area contributed by atoms with Crippen LogP contribution < -0.4 is 4.72 Å². The summed E-state index contributed by atoms with van der Waals surface area (Å²) in [4.78, 5) is 4.21. The first-order valence-electron chi connectivity index (χ1n) is 5.29. The molecule has 0 bridgehead atoms. The van der Waals surface area contributed by atoms with E-state index in [9.17, 15) is 8.42 Å². The molecule has 0 fully saturated rings. The van der Waals surface area contributed by atoms with E-state index in [0.717, 1.165) is 14.5 Å². The van der Waals surface area contributed by atoms with Crippen molar-refractivity contribution in [2.24, 2.45) is 0 Å². The number of benzene rings is 1. The molecule has 0 atom stereocenters. The lowest BCUT2D eigenvalue weighted by molar-refractivity contribution is 0.601. The summed E-state index contributed by atoms with van der Waals surface area (Å²) in [5, 5.41) is 0. The minimum atomic E-state index is -3.61. The fraction of sp³-hybridized carbons (Fsp3) is 0.0833. The second kappa shape index (κ2) is 5.60. The first kappa shape index (κ1) is 14.5. The number of nitrogens with zero attached hydrogens (tertiary/aromatic N) is 1. The second-order valence-corrected chi connectivity index (χ2v) is 7.33. The molecule has 0 radical (unpaired) electrons. The third-order valence-electron chi connectivity index (χ3n) is 2.41. The van der Waals surface area contributed by atoms with Gasteiger partial charge in [-0.1, -0.05) is 15.9 Å². The van der Waals surface area contributed by atoms with Crippen LogP contribution in [0.4, 0.5) is 5.82 Å². The van der Waals surface area contributed by atoms with E-state index in [4.69, 9.17) is 0 Å². The van der Waals surface area contributed by atoms with E-state index in [1.54, 1.807) is 24.4 Å². The van der Waals surface area contributed by atoms with Gasteiger partial charge in [-0.3, -0.25) is 4.72 Å². The number of sulfonamides is 1. The van der Waals surface area contributed by atoms with Gasteiger partial charge < -0.3 is 0 Å². The zero-order chi connectivity index (χ0) is 14.0. The van der Waals surface area contributed by atoms with Gasteiger partial charge in [-0.15, -0.1) is 0 Å². The van der Waals surface area contributed by atoms with Crippen molar-refractivity contribution in [3.05, 3.63) is 51.0 Å². The highest BCUT2D eigenvalue weighted by Gasteiger charge is 2.14. The number of halogens is 2. The molecule has 0 unspecified atom stereocenters. The van der Waals surface area contributed by atoms with Gasteiger partial charge in [0.2, 0.25) is 0 Å². The van der Waals surface area contributed by atoms with Crippen molar-refractivity contribution in [1.82, 2.24) is 4.98 Å². The van der Waals surface area contributed by atoms with Crippen LogP contribution in [-0.4, -0.2) is 13.4 Å². The van der Waals surface area contributed by atoms with Gasteiger partial charge in [0.1, 0.15) is 5.82 Å². The largest absolute Gasteiger partial charge is 0.263 e. The molecule has 0 amide bonds. The monoisotopic (exact) mass is 404 g/mol. The van der Waals surface area contributed by atoms with Gasteiger partial charge in [0.25, 0.3) is 10.0 Å². The molecule has 0 aliphatic rings. The Morgan fingerprint density at radius 1 is 1.16 bits per heavy atom. The van der Waals surface area contributed by atoms with E-state index in [1.807, 2.05) is 6.92 Å². The van der Waals surface area contributed by atoms with Gasteiger partial charge in [-0.2, -0.15) is 0 Å². The number of hydrogen-bond donors (Lipinski definition) is 1. The summed E-state index contributed by atoms with van der Waals surface area (Å²) in [7, 11) is -3.61. The standard InChI is InChI=1S/C12H10Br2N2O2S/c1-8-6-12(15-7-11(8)14)16-19(17,18)10-4-2-9(13)3-5-10/h2-7H,1H3,(H,15,16). The third kappa shape index (κ3) is 3.55. The first-order chi connectivity index (χ1) is 8.88. The molecule has 100 valence electrons. The molecule has 0 saturated carbocycles. The van der Waals surface area contributed by atoms with Crippen molar-refractivity contribution in [2.45, 2.75) is 11.8 Å². The Morgan fingerprint density at radius 3 is 2.37 bits per heavy atom. The summed E-state index contributed by atoms with van der Waals surface area (Å²) < 4.78 is 28.4. The molecule has 1 aromatic heterocycles. The Kier molecular flexibility index (Phi) is 4.27. The molecule has 19 heavy (non-hydrogen) atoms. The zero-order valence-corrected chi connectivity index (χ0v) is 13.9. The average Bonchev–Trinajstić information content (AvgIpc) is 2.34. The predicted molar refractivity (Wildman–Crippen MR) is 81.6 cm³/mol. The van der Waals surface area contributed by atoms with Crippen LogP contribution in [0.15, 0.2) is 50.4 Å². The SMILES string of the molecule is Cc1cc(NS(=O)(=O)c2ccc(Br)cc2)ncc1Br. The van der Waals surface area contributed by atoms with Crippen LogP contribution >= 0.6 is 31.9 Å². The Labute approximate surface area is 128 Å². The molecule has 0 spiro atoms. The topological polar surface area (TPSA) is 59.1 Å². The summed E-state index contributed by atoms with van der Waals surface area (Å²) >= 11 is 6.58. The molecule has 0 saturated heterocycles. The van der Waals surface area contributed by atoms with Crippen molar-refractivity contribution in [3.8, 4) is 0 Å². The summed E-state index contributed by atoms with van der Waals surface area (Å²) in [5.74, 6) is 0.295. The summed E-state index contributed by atoms with van der Waals surface area (Å²) in [6, 6.07) is 8.07. The van der Waals surface area contributed by atoms with Crippen molar-refractivity contribution in [3.63, 3.8) is 0 Å². The number of anilines is 1. The van der Waals surface area contributed by atoms with E-state index in [2.05, 4.69) is 41.6 Å². The van der Waals surface area contributed by atoms with Crippen LogP contribution in [0.25, 0.3) is 0 Å². The maximum absolute atomic E-state index is 12.1. The Hall–Kier alpha value is -0.920. The fourth-order valence-electron chi connectivity index (χ4n) is 1.41. The van der Waals surface area contributed by atoms with Crippen LogP contribution in [0.2, 0.25) is 0 Å². The Balaban J connectivity index is 2.30. The normalized spacial score (nSPS) is 11.3. The highest BCUT2D eigenvalue weighted by atomic mass is 79.9. The van der Waals surface area contributed by atoms with Gasteiger partial charge in [-0.05, 0) is 58.7 Å². The minimum absolute atomic E-state index is 0.193. The van der Waals surface area contributed by atoms with E-state index in [1.165, 1.54) is 12.1 Å². The van der Waals surface area contributed by atoms with Gasteiger partial charge in [0.15, 0.2) is 0 Å². The number of aromatic nitrogens is 1. The average molecular weight is 406 g/mol. The van der Waals surface area contributed by atoms with Gasteiger partial charge in [0, 0.05) is 15.1 Å². The summed E-state index contributed by atoms with van der Waals surface area (Å²) in [5.41, 5.74) is 0.906. The summed E-state index contributed by atoms with van der Waals surface area (Å²) in [6.07, 6.45) is 1.56. The lowest BCUT2D eigenvalue weighted by Crippen LogP contribution is -2.13. The van der Waals surface area contributed by atoms with Gasteiger partial charge in [0.05, 0.1) is 4.90 Å². The molecule has 1 N–H and O–H groups in total.